The van der Waals surface area contributed by atoms with Crippen LogP contribution in [0.25, 0.3) is 21.8 Å². The maximum absolute atomic E-state index is 8.12. The van der Waals surface area contributed by atoms with E-state index in [1.807, 2.05) is 0 Å². The van der Waals surface area contributed by atoms with E-state index in [0.717, 1.165) is 0 Å². The minimum Gasteiger partial charge on any atom is -0.497 e. The van der Waals surface area contributed by atoms with Gasteiger partial charge in [0.2, 0.25) is 0 Å². The highest BCUT2D eigenvalue weighted by Gasteiger charge is 2.03. The van der Waals surface area contributed by atoms with Crippen molar-refractivity contribution in [3.8, 4) is 5.75 Å². The quantitative estimate of drug-likeness (QED) is 0.650. The van der Waals surface area contributed by atoms with Gasteiger partial charge in [0, 0.05) is 22.3 Å². The summed E-state index contributed by atoms with van der Waals surface area (Å²) in [5, 5.41) is -0.0664. The van der Waals surface area contributed by atoms with Crippen LogP contribution in [0.4, 0.5) is 0 Å². The van der Waals surface area contributed by atoms with E-state index in [4.69, 9.17) is 13.7 Å². The average molecular weight is 207 g/mol. The molecule has 0 aliphatic heterocycles. The summed E-state index contributed by atoms with van der Waals surface area (Å²) in [7, 11) is -2.92. The normalized spacial score (nSPS) is 21.3. The summed E-state index contributed by atoms with van der Waals surface area (Å²) in [5.74, 6) is -0.612. The molecular formula is C13H11NO. The lowest BCUT2D eigenvalue weighted by molar-refractivity contribution is 0.415. The van der Waals surface area contributed by atoms with E-state index in [-0.39, 0.29) is 27.8 Å². The van der Waals surface area contributed by atoms with E-state index in [0.29, 0.717) is 0 Å². The molecule has 15 heavy (non-hydrogen) atoms. The van der Waals surface area contributed by atoms with Gasteiger partial charge in [-0.1, -0.05) is 18.1 Å². The van der Waals surface area contributed by atoms with E-state index in [1.54, 1.807) is 0 Å². The van der Waals surface area contributed by atoms with Crippen molar-refractivity contribution < 1.29 is 18.4 Å². The summed E-state index contributed by atoms with van der Waals surface area (Å²) in [6, 6.07) is -3.38. The Hall–Kier alpha value is -1.96. The Bertz CT molecular complexity index is 1040. The molecule has 2 nitrogen and oxygen atoms in total. The first kappa shape index (κ1) is 3.01. The molecular weight excluding hydrogens is 186 g/mol. The van der Waals surface area contributed by atoms with Crippen LogP contribution >= 0.6 is 0 Å². The lowest BCUT2D eigenvalue weighted by atomic mass is 10.1. The molecule has 0 amide bonds. The second-order valence-corrected chi connectivity index (χ2v) is 2.93. The number of benzene rings is 2. The zero-order valence-corrected chi connectivity index (χ0v) is 7.41. The van der Waals surface area contributed by atoms with Gasteiger partial charge in [0.1, 0.15) is 5.75 Å². The highest BCUT2D eigenvalue weighted by molar-refractivity contribution is 6.07. The number of hydrogen-bond acceptors (Lipinski definition) is 1. The summed E-state index contributed by atoms with van der Waals surface area (Å²) in [5.41, 5.74) is -0.101. The predicted molar refractivity (Wildman–Crippen MR) is 62.4 cm³/mol. The van der Waals surface area contributed by atoms with Gasteiger partial charge in [-0.05, 0) is 18.1 Å². The Labute approximate surface area is 102 Å². The molecule has 3 aromatic rings. The number of methoxy groups -OCH3 is 1. The van der Waals surface area contributed by atoms with E-state index >= 15 is 0 Å². The molecule has 0 fully saturated rings. The molecule has 74 valence electrons. The van der Waals surface area contributed by atoms with Crippen molar-refractivity contribution in [2.45, 2.75) is 0 Å². The van der Waals surface area contributed by atoms with E-state index < -0.39 is 49.0 Å². The van der Waals surface area contributed by atoms with Gasteiger partial charge < -0.3 is 9.72 Å². The minimum atomic E-state index is -2.92. The zero-order chi connectivity index (χ0) is 18.8. The zero-order valence-electron chi connectivity index (χ0n) is 17.4. The van der Waals surface area contributed by atoms with Gasteiger partial charge in [-0.3, -0.25) is 0 Å². The number of aromatic amines is 1. The highest BCUT2D eigenvalue weighted by Crippen LogP contribution is 2.27. The monoisotopic (exact) mass is 207 g/mol. The number of nitrogens with one attached hydrogen (secondary N) is 1. The number of ether oxygens (including phenoxy) is 1. The van der Waals surface area contributed by atoms with E-state index in [2.05, 4.69) is 9.72 Å². The standard InChI is InChI=1S/C13H11NO/c1-15-9-6-7-11-10-4-2-3-5-12(10)14-13(11)8-9/h2-8,14H,1H3/i1D3,2D,3D,4D,5D,6D,7D,8D. The molecule has 1 aromatic heterocycles. The molecule has 0 aliphatic carbocycles. The van der Waals surface area contributed by atoms with Crippen LogP contribution in [-0.2, 0) is 0 Å². The van der Waals surface area contributed by atoms with Gasteiger partial charge in [-0.2, -0.15) is 0 Å². The average Bonchev–Trinajstić information content (AvgIpc) is 2.93. The maximum Gasteiger partial charge on any atom is 0.120 e. The third-order valence-corrected chi connectivity index (χ3v) is 2.08. The molecule has 2 heteroatoms. The lowest BCUT2D eigenvalue weighted by Crippen LogP contribution is -1.80. The molecule has 3 rings (SSSR count). The molecule has 0 aliphatic rings. The Kier molecular flexibility index (Phi) is 0.607. The van der Waals surface area contributed by atoms with Crippen molar-refractivity contribution in [2.24, 2.45) is 0 Å². The van der Waals surface area contributed by atoms with Crippen LogP contribution in [0.3, 0.4) is 0 Å². The second-order valence-electron chi connectivity index (χ2n) is 2.93. The van der Waals surface area contributed by atoms with Gasteiger partial charge in [-0.25, -0.2) is 0 Å². The summed E-state index contributed by atoms with van der Waals surface area (Å²) in [6.07, 6.45) is 0. The van der Waals surface area contributed by atoms with Gasteiger partial charge in [0.15, 0.2) is 0 Å². The van der Waals surface area contributed by atoms with Crippen molar-refractivity contribution in [2.75, 3.05) is 7.04 Å². The molecule has 0 unspecified atom stereocenters. The largest absolute Gasteiger partial charge is 0.497 e. The molecule has 0 atom stereocenters. The highest BCUT2D eigenvalue weighted by atomic mass is 16.5. The van der Waals surface area contributed by atoms with Crippen LogP contribution in [0, 0.1) is 0 Å². The Morgan fingerprint density at radius 2 is 2.00 bits per heavy atom. The fourth-order valence-electron chi connectivity index (χ4n) is 1.44. The first-order valence-corrected chi connectivity index (χ1v) is 4.16. The predicted octanol–water partition coefficient (Wildman–Crippen LogP) is 3.33. The number of H-pyrrole nitrogens is 1. The van der Waals surface area contributed by atoms with Crippen LogP contribution in [0.15, 0.2) is 42.3 Å². The smallest absolute Gasteiger partial charge is 0.120 e. The second kappa shape index (κ2) is 3.02. The Morgan fingerprint density at radius 1 is 1.13 bits per heavy atom. The van der Waals surface area contributed by atoms with Crippen molar-refractivity contribution in [1.82, 2.24) is 4.98 Å². The van der Waals surface area contributed by atoms with Crippen LogP contribution < -0.4 is 4.74 Å². The summed E-state index contributed by atoms with van der Waals surface area (Å²) >= 11 is 0. The molecule has 1 N–H and O–H groups in total. The number of hydrogen-bond donors (Lipinski definition) is 1. The van der Waals surface area contributed by atoms with Crippen molar-refractivity contribution in [1.29, 1.82) is 0 Å². The lowest BCUT2D eigenvalue weighted by Gasteiger charge is -1.98. The van der Waals surface area contributed by atoms with Gasteiger partial charge >= 0.3 is 0 Å². The van der Waals surface area contributed by atoms with Gasteiger partial charge in [0.05, 0.1) is 26.3 Å². The van der Waals surface area contributed by atoms with Crippen LogP contribution in [0.5, 0.6) is 5.75 Å². The minimum absolute atomic E-state index is 0.0200. The SMILES string of the molecule is [2H]c1c([2H])c([2H])c2c([nH]c3c([2H])c(OC([2H])([2H])[2H])c([2H])c([2H])c32)c1[2H]. The maximum atomic E-state index is 8.12. The Morgan fingerprint density at radius 3 is 2.93 bits per heavy atom. The van der Waals surface area contributed by atoms with Crippen molar-refractivity contribution in [3.63, 3.8) is 0 Å². The summed E-state index contributed by atoms with van der Waals surface area (Å²) in [6.45, 7) is 0. The molecule has 1 heterocycles. The molecule has 0 saturated heterocycles. The first-order valence-electron chi connectivity index (χ1n) is 9.16. The van der Waals surface area contributed by atoms with Gasteiger partial charge in [-0.15, -0.1) is 0 Å². The third-order valence-electron chi connectivity index (χ3n) is 2.08. The van der Waals surface area contributed by atoms with Gasteiger partial charge in [0.25, 0.3) is 0 Å². The fraction of sp³-hybridized carbons (Fsp3) is 0.0769. The van der Waals surface area contributed by atoms with Crippen molar-refractivity contribution in [3.05, 3.63) is 42.3 Å². The Balaban J connectivity index is 2.54. The third kappa shape index (κ3) is 1.18. The molecule has 0 bridgehead atoms. The summed E-state index contributed by atoms with van der Waals surface area (Å²) < 4.78 is 81.7. The molecule has 0 saturated carbocycles. The molecule has 0 spiro atoms. The number of para-hydroxylation sites is 1. The number of fused-ring (bicyclic) bond motifs is 3. The first-order chi connectivity index (χ1) is 11.5. The topological polar surface area (TPSA) is 25.0 Å². The number of aromatic nitrogens is 1. The summed E-state index contributed by atoms with van der Waals surface area (Å²) in [4.78, 5) is 2.65. The number of rotatable bonds is 1. The molecule has 2 aromatic carbocycles. The fourth-order valence-corrected chi connectivity index (χ4v) is 1.44. The van der Waals surface area contributed by atoms with E-state index in [9.17, 15) is 0 Å². The van der Waals surface area contributed by atoms with Crippen LogP contribution in [0.1, 0.15) is 13.7 Å². The van der Waals surface area contributed by atoms with E-state index in [1.165, 1.54) is 0 Å². The van der Waals surface area contributed by atoms with Crippen LogP contribution in [0.2, 0.25) is 0 Å². The van der Waals surface area contributed by atoms with Crippen molar-refractivity contribution >= 4 is 21.8 Å². The van der Waals surface area contributed by atoms with Crippen LogP contribution in [-0.4, -0.2) is 12.0 Å². The molecule has 0 radical (unpaired) electrons.